The second-order valence-electron chi connectivity index (χ2n) is 5.61. The van der Waals surface area contributed by atoms with Crippen molar-refractivity contribution in [3.8, 4) is 0 Å². The number of benzene rings is 2. The SMILES string of the molecule is COC(=O)c1cccc(NC(=O)CC(=O)Nc2c(C)cccc2C)c1. The summed E-state index contributed by atoms with van der Waals surface area (Å²) in [6, 6.07) is 12.0. The number of esters is 1. The largest absolute Gasteiger partial charge is 0.465 e. The van der Waals surface area contributed by atoms with E-state index >= 15 is 0 Å². The van der Waals surface area contributed by atoms with E-state index in [1.54, 1.807) is 18.2 Å². The molecule has 0 spiro atoms. The molecule has 0 heterocycles. The van der Waals surface area contributed by atoms with Gasteiger partial charge in [-0.05, 0) is 43.2 Å². The molecule has 0 radical (unpaired) electrons. The van der Waals surface area contributed by atoms with Crippen molar-refractivity contribution < 1.29 is 19.1 Å². The normalized spacial score (nSPS) is 10.0. The molecule has 6 nitrogen and oxygen atoms in total. The average Bonchev–Trinajstić information content (AvgIpc) is 2.57. The van der Waals surface area contributed by atoms with E-state index in [4.69, 9.17) is 0 Å². The van der Waals surface area contributed by atoms with Gasteiger partial charge >= 0.3 is 5.97 Å². The number of methoxy groups -OCH3 is 1. The van der Waals surface area contributed by atoms with Crippen LogP contribution in [0, 0.1) is 13.8 Å². The van der Waals surface area contributed by atoms with Gasteiger partial charge in [-0.25, -0.2) is 4.79 Å². The predicted molar refractivity (Wildman–Crippen MR) is 95.6 cm³/mol. The lowest BCUT2D eigenvalue weighted by atomic mass is 10.1. The fourth-order valence-electron chi connectivity index (χ4n) is 2.39. The minimum atomic E-state index is -0.496. The highest BCUT2D eigenvalue weighted by Gasteiger charge is 2.13. The number of carbonyl (C=O) groups excluding carboxylic acids is 3. The molecule has 25 heavy (non-hydrogen) atoms. The van der Waals surface area contributed by atoms with Crippen LogP contribution in [0.5, 0.6) is 0 Å². The Labute approximate surface area is 146 Å². The summed E-state index contributed by atoms with van der Waals surface area (Å²) in [6.07, 6.45) is -0.323. The Morgan fingerprint density at radius 3 is 2.16 bits per heavy atom. The molecule has 0 unspecified atom stereocenters. The topological polar surface area (TPSA) is 84.5 Å². The summed E-state index contributed by atoms with van der Waals surface area (Å²) < 4.78 is 4.63. The van der Waals surface area contributed by atoms with Crippen molar-refractivity contribution in [2.75, 3.05) is 17.7 Å². The number of rotatable bonds is 5. The third-order valence-electron chi connectivity index (χ3n) is 3.63. The van der Waals surface area contributed by atoms with Gasteiger partial charge < -0.3 is 15.4 Å². The zero-order valence-corrected chi connectivity index (χ0v) is 14.4. The van der Waals surface area contributed by atoms with E-state index in [2.05, 4.69) is 15.4 Å². The summed E-state index contributed by atoms with van der Waals surface area (Å²) in [5.74, 6) is -1.37. The van der Waals surface area contributed by atoms with Crippen molar-refractivity contribution in [2.24, 2.45) is 0 Å². The average molecular weight is 340 g/mol. The van der Waals surface area contributed by atoms with Gasteiger partial charge in [0.1, 0.15) is 6.42 Å². The van der Waals surface area contributed by atoms with E-state index in [0.717, 1.165) is 11.1 Å². The number of hydrogen-bond acceptors (Lipinski definition) is 4. The molecule has 2 rings (SSSR count). The zero-order chi connectivity index (χ0) is 18.4. The molecule has 0 aliphatic rings. The van der Waals surface area contributed by atoms with Gasteiger partial charge in [0.25, 0.3) is 0 Å². The summed E-state index contributed by atoms with van der Waals surface area (Å²) >= 11 is 0. The van der Waals surface area contributed by atoms with Gasteiger partial charge in [0, 0.05) is 11.4 Å². The fourth-order valence-corrected chi connectivity index (χ4v) is 2.39. The summed E-state index contributed by atoms with van der Waals surface area (Å²) in [5.41, 5.74) is 3.32. The van der Waals surface area contributed by atoms with Gasteiger partial charge in [-0.3, -0.25) is 9.59 Å². The molecular formula is C19H20N2O4. The molecule has 0 aliphatic carbocycles. The number of nitrogens with one attached hydrogen (secondary N) is 2. The minimum Gasteiger partial charge on any atom is -0.465 e. The van der Waals surface area contributed by atoms with Crippen molar-refractivity contribution in [3.63, 3.8) is 0 Å². The van der Waals surface area contributed by atoms with E-state index < -0.39 is 17.8 Å². The molecule has 0 bridgehead atoms. The Morgan fingerprint density at radius 2 is 1.52 bits per heavy atom. The van der Waals surface area contributed by atoms with Crippen LogP contribution in [0.2, 0.25) is 0 Å². The molecule has 0 aromatic heterocycles. The van der Waals surface area contributed by atoms with Gasteiger partial charge in [0.05, 0.1) is 12.7 Å². The molecular weight excluding hydrogens is 320 g/mol. The summed E-state index contributed by atoms with van der Waals surface area (Å²) in [7, 11) is 1.28. The Bertz CT molecular complexity index is 795. The number of para-hydroxylation sites is 1. The summed E-state index contributed by atoms with van der Waals surface area (Å²) in [6.45, 7) is 3.78. The molecule has 0 saturated heterocycles. The summed E-state index contributed by atoms with van der Waals surface area (Å²) in [4.78, 5) is 35.6. The van der Waals surface area contributed by atoms with Gasteiger partial charge in [-0.2, -0.15) is 0 Å². The number of aryl methyl sites for hydroxylation is 2. The van der Waals surface area contributed by atoms with Crippen molar-refractivity contribution in [2.45, 2.75) is 20.3 Å². The standard InChI is InChI=1S/C19H20N2O4/c1-12-6-4-7-13(2)18(12)21-17(23)11-16(22)20-15-9-5-8-14(10-15)19(24)25-3/h4-10H,11H2,1-3H3,(H,20,22)(H,21,23). The number of hydrogen-bond donors (Lipinski definition) is 2. The highest BCUT2D eigenvalue weighted by atomic mass is 16.5. The first kappa shape index (κ1) is 18.2. The first-order chi connectivity index (χ1) is 11.9. The second kappa shape index (κ2) is 8.10. The molecule has 2 aromatic rings. The first-order valence-corrected chi connectivity index (χ1v) is 7.75. The highest BCUT2D eigenvalue weighted by molar-refractivity contribution is 6.08. The molecule has 130 valence electrons. The number of amides is 2. The Morgan fingerprint density at radius 1 is 0.920 bits per heavy atom. The van der Waals surface area contributed by atoms with Gasteiger partial charge in [0.2, 0.25) is 11.8 Å². The van der Waals surface area contributed by atoms with Crippen molar-refractivity contribution in [1.29, 1.82) is 0 Å². The Hall–Kier alpha value is -3.15. The molecule has 0 atom stereocenters. The van der Waals surface area contributed by atoms with Gasteiger partial charge in [-0.1, -0.05) is 24.3 Å². The van der Waals surface area contributed by atoms with Crippen molar-refractivity contribution >= 4 is 29.2 Å². The number of carbonyl (C=O) groups is 3. The maximum Gasteiger partial charge on any atom is 0.337 e. The Kier molecular flexibility index (Phi) is 5.89. The van der Waals surface area contributed by atoms with Crippen molar-refractivity contribution in [3.05, 3.63) is 59.2 Å². The number of ether oxygens (including phenoxy) is 1. The molecule has 6 heteroatoms. The second-order valence-corrected chi connectivity index (χ2v) is 5.61. The molecule has 2 amide bonds. The lowest BCUT2D eigenvalue weighted by molar-refractivity contribution is -0.123. The molecule has 0 fully saturated rings. The maximum atomic E-state index is 12.1. The fraction of sp³-hybridized carbons (Fsp3) is 0.211. The predicted octanol–water partition coefficient (Wildman–Crippen LogP) is 3.06. The smallest absolute Gasteiger partial charge is 0.337 e. The molecule has 2 aromatic carbocycles. The summed E-state index contributed by atoms with van der Waals surface area (Å²) in [5, 5.41) is 5.36. The van der Waals surface area contributed by atoms with Crippen molar-refractivity contribution in [1.82, 2.24) is 0 Å². The van der Waals surface area contributed by atoms with Gasteiger partial charge in [-0.15, -0.1) is 0 Å². The third-order valence-corrected chi connectivity index (χ3v) is 3.63. The lowest BCUT2D eigenvalue weighted by Crippen LogP contribution is -2.22. The maximum absolute atomic E-state index is 12.1. The van der Waals surface area contributed by atoms with Gasteiger partial charge in [0.15, 0.2) is 0 Å². The van der Waals surface area contributed by atoms with Crippen LogP contribution in [0.25, 0.3) is 0 Å². The first-order valence-electron chi connectivity index (χ1n) is 7.75. The van der Waals surface area contributed by atoms with Crippen LogP contribution in [0.1, 0.15) is 27.9 Å². The quantitative estimate of drug-likeness (QED) is 0.647. The lowest BCUT2D eigenvalue weighted by Gasteiger charge is -2.11. The van der Waals surface area contributed by atoms with E-state index in [-0.39, 0.29) is 6.42 Å². The minimum absolute atomic E-state index is 0.320. The van der Waals surface area contributed by atoms with Crippen LogP contribution in [-0.4, -0.2) is 24.9 Å². The van der Waals surface area contributed by atoms with E-state index in [1.807, 2.05) is 32.0 Å². The van der Waals surface area contributed by atoms with Crippen LogP contribution in [0.15, 0.2) is 42.5 Å². The Balaban J connectivity index is 1.98. The van der Waals surface area contributed by atoms with Crippen LogP contribution in [0.4, 0.5) is 11.4 Å². The molecule has 0 aliphatic heterocycles. The highest BCUT2D eigenvalue weighted by Crippen LogP contribution is 2.19. The molecule has 0 saturated carbocycles. The monoisotopic (exact) mass is 340 g/mol. The van der Waals surface area contributed by atoms with Crippen LogP contribution < -0.4 is 10.6 Å². The van der Waals surface area contributed by atoms with Crippen LogP contribution in [0.3, 0.4) is 0 Å². The van der Waals surface area contributed by atoms with E-state index in [0.29, 0.717) is 16.9 Å². The van der Waals surface area contributed by atoms with E-state index in [9.17, 15) is 14.4 Å². The molecule has 2 N–H and O–H groups in total. The van der Waals surface area contributed by atoms with E-state index in [1.165, 1.54) is 13.2 Å². The number of anilines is 2. The zero-order valence-electron chi connectivity index (χ0n) is 14.4. The third kappa shape index (κ3) is 4.91. The van der Waals surface area contributed by atoms with Crippen LogP contribution >= 0.6 is 0 Å². The van der Waals surface area contributed by atoms with Crippen LogP contribution in [-0.2, 0) is 14.3 Å².